The van der Waals surface area contributed by atoms with Gasteiger partial charge in [0, 0.05) is 17.2 Å². The van der Waals surface area contributed by atoms with Crippen molar-refractivity contribution in [3.8, 4) is 28.3 Å². The van der Waals surface area contributed by atoms with Gasteiger partial charge in [-0.1, -0.05) is 60.2 Å². The first-order valence-corrected chi connectivity index (χ1v) is 7.52. The first kappa shape index (κ1) is 14.4. The van der Waals surface area contributed by atoms with Crippen LogP contribution in [0.25, 0.3) is 22.5 Å². The predicted octanol–water partition coefficient (Wildman–Crippen LogP) is 4.81. The van der Waals surface area contributed by atoms with Crippen molar-refractivity contribution in [1.29, 1.82) is 0 Å². The number of nitrogens with zero attached hydrogens (tertiary/aromatic N) is 2. The van der Waals surface area contributed by atoms with E-state index in [4.69, 9.17) is 0 Å². The minimum Gasteiger partial charge on any atom is -0.504 e. The molecule has 0 radical (unpaired) electrons. The second kappa shape index (κ2) is 5.68. The lowest BCUT2D eigenvalue weighted by Gasteiger charge is -2.10. The average Bonchev–Trinajstić information content (AvgIpc) is 2.87. The molecule has 1 heterocycles. The summed E-state index contributed by atoms with van der Waals surface area (Å²) in [5.41, 5.74) is 4.49. The lowest BCUT2D eigenvalue weighted by atomic mass is 10.1. The van der Waals surface area contributed by atoms with E-state index in [9.17, 15) is 5.11 Å². The Balaban J connectivity index is 2.20. The summed E-state index contributed by atoms with van der Waals surface area (Å²) in [6, 6.07) is 18.1. The number of rotatable bonds is 3. The van der Waals surface area contributed by atoms with E-state index in [-0.39, 0.29) is 11.8 Å². The topological polar surface area (TPSA) is 38.0 Å². The van der Waals surface area contributed by atoms with Gasteiger partial charge in [0.1, 0.15) is 11.4 Å². The molecule has 3 nitrogen and oxygen atoms in total. The van der Waals surface area contributed by atoms with Gasteiger partial charge >= 0.3 is 0 Å². The molecule has 0 saturated heterocycles. The van der Waals surface area contributed by atoms with Crippen molar-refractivity contribution >= 4 is 0 Å². The second-order valence-electron chi connectivity index (χ2n) is 5.82. The molecule has 0 aliphatic heterocycles. The van der Waals surface area contributed by atoms with Crippen LogP contribution in [0.2, 0.25) is 0 Å². The van der Waals surface area contributed by atoms with Crippen molar-refractivity contribution in [2.45, 2.75) is 26.8 Å². The maximum atomic E-state index is 10.8. The van der Waals surface area contributed by atoms with Crippen molar-refractivity contribution in [2.75, 3.05) is 0 Å². The van der Waals surface area contributed by atoms with Gasteiger partial charge in [-0.25, -0.2) is 0 Å². The maximum absolute atomic E-state index is 10.8. The van der Waals surface area contributed by atoms with Crippen molar-refractivity contribution in [1.82, 2.24) is 9.78 Å². The lowest BCUT2D eigenvalue weighted by molar-refractivity contribution is 0.475. The first-order valence-electron chi connectivity index (χ1n) is 7.52. The summed E-state index contributed by atoms with van der Waals surface area (Å²) >= 11 is 0. The number of aromatic hydroxyl groups is 1. The zero-order valence-electron chi connectivity index (χ0n) is 13.1. The Bertz CT molecular complexity index is 771. The first-order chi connectivity index (χ1) is 10.6. The van der Waals surface area contributed by atoms with E-state index < -0.39 is 0 Å². The minimum absolute atomic E-state index is 0.167. The Morgan fingerprint density at radius 3 is 2.14 bits per heavy atom. The monoisotopic (exact) mass is 292 g/mol. The minimum atomic E-state index is 0.167. The smallest absolute Gasteiger partial charge is 0.169 e. The van der Waals surface area contributed by atoms with Crippen LogP contribution in [0.1, 0.15) is 25.5 Å². The predicted molar refractivity (Wildman–Crippen MR) is 89.9 cm³/mol. The molecule has 1 N–H and O–H groups in total. The van der Waals surface area contributed by atoms with Crippen LogP contribution >= 0.6 is 0 Å². The van der Waals surface area contributed by atoms with E-state index in [0.29, 0.717) is 5.69 Å². The zero-order chi connectivity index (χ0) is 15.7. The van der Waals surface area contributed by atoms with Crippen LogP contribution in [-0.2, 0) is 0 Å². The summed E-state index contributed by atoms with van der Waals surface area (Å²) in [7, 11) is 0. The third kappa shape index (κ3) is 2.50. The SMILES string of the molecule is Cc1ccc(-c2nn(C(C)C)c(-c3ccccc3)c2O)cc1. The average molecular weight is 292 g/mol. The van der Waals surface area contributed by atoms with E-state index >= 15 is 0 Å². The van der Waals surface area contributed by atoms with E-state index in [1.165, 1.54) is 5.56 Å². The van der Waals surface area contributed by atoms with Crippen LogP contribution in [0.3, 0.4) is 0 Å². The number of aromatic nitrogens is 2. The molecule has 3 aromatic rings. The fourth-order valence-corrected chi connectivity index (χ4v) is 2.57. The van der Waals surface area contributed by atoms with Crippen LogP contribution in [0, 0.1) is 6.92 Å². The van der Waals surface area contributed by atoms with Crippen molar-refractivity contribution in [3.63, 3.8) is 0 Å². The zero-order valence-corrected chi connectivity index (χ0v) is 13.1. The highest BCUT2D eigenvalue weighted by Crippen LogP contribution is 2.39. The highest BCUT2D eigenvalue weighted by molar-refractivity contribution is 5.78. The van der Waals surface area contributed by atoms with Crippen molar-refractivity contribution < 1.29 is 5.11 Å². The summed E-state index contributed by atoms with van der Waals surface area (Å²) in [6.45, 7) is 6.18. The molecule has 0 aliphatic carbocycles. The maximum Gasteiger partial charge on any atom is 0.169 e. The fraction of sp³-hybridized carbons (Fsp3) is 0.211. The van der Waals surface area contributed by atoms with Crippen LogP contribution in [0.5, 0.6) is 5.75 Å². The molecule has 0 bridgehead atoms. The van der Waals surface area contributed by atoms with Crippen LogP contribution < -0.4 is 0 Å². The highest BCUT2D eigenvalue weighted by atomic mass is 16.3. The molecule has 0 saturated carbocycles. The van der Waals surface area contributed by atoms with Gasteiger partial charge in [0.05, 0.1) is 0 Å². The van der Waals surface area contributed by atoms with E-state index in [1.807, 2.05) is 66.2 Å². The van der Waals surface area contributed by atoms with Crippen LogP contribution in [-0.4, -0.2) is 14.9 Å². The molecule has 2 aromatic carbocycles. The van der Waals surface area contributed by atoms with Gasteiger partial charge < -0.3 is 5.11 Å². The van der Waals surface area contributed by atoms with Crippen LogP contribution in [0.4, 0.5) is 0 Å². The molecule has 0 fully saturated rings. The van der Waals surface area contributed by atoms with Gasteiger partial charge in [-0.05, 0) is 20.8 Å². The highest BCUT2D eigenvalue weighted by Gasteiger charge is 2.21. The molecule has 0 atom stereocenters. The molecule has 0 unspecified atom stereocenters. The molecule has 1 aromatic heterocycles. The third-order valence-electron chi connectivity index (χ3n) is 3.75. The normalized spacial score (nSPS) is 11.1. The summed E-state index contributed by atoms with van der Waals surface area (Å²) in [5.74, 6) is 0.240. The summed E-state index contributed by atoms with van der Waals surface area (Å²) in [6.07, 6.45) is 0. The summed E-state index contributed by atoms with van der Waals surface area (Å²) in [4.78, 5) is 0. The number of aryl methyl sites for hydroxylation is 1. The van der Waals surface area contributed by atoms with Gasteiger partial charge in [0.15, 0.2) is 5.75 Å². The standard InChI is InChI=1S/C19H20N2O/c1-13(2)21-18(16-7-5-4-6-8-16)19(22)17(20-21)15-11-9-14(3)10-12-15/h4-13,22H,1-3H3. The van der Waals surface area contributed by atoms with Gasteiger partial charge in [0.2, 0.25) is 0 Å². The summed E-state index contributed by atoms with van der Waals surface area (Å²) in [5, 5.41) is 15.4. The molecule has 112 valence electrons. The van der Waals surface area contributed by atoms with Gasteiger partial charge in [-0.15, -0.1) is 0 Å². The van der Waals surface area contributed by atoms with E-state index in [1.54, 1.807) is 0 Å². The fourth-order valence-electron chi connectivity index (χ4n) is 2.57. The molecule has 0 aliphatic rings. The van der Waals surface area contributed by atoms with Gasteiger partial charge in [0.25, 0.3) is 0 Å². The third-order valence-corrected chi connectivity index (χ3v) is 3.75. The lowest BCUT2D eigenvalue weighted by Crippen LogP contribution is -2.04. The van der Waals surface area contributed by atoms with E-state index in [2.05, 4.69) is 18.9 Å². The number of benzene rings is 2. The summed E-state index contributed by atoms with van der Waals surface area (Å²) < 4.78 is 1.89. The van der Waals surface area contributed by atoms with Gasteiger partial charge in [-0.3, -0.25) is 4.68 Å². The Hall–Kier alpha value is -2.55. The second-order valence-corrected chi connectivity index (χ2v) is 5.82. The Labute approximate surface area is 130 Å². The number of hydrogen-bond acceptors (Lipinski definition) is 2. The molecular weight excluding hydrogens is 272 g/mol. The van der Waals surface area contributed by atoms with Crippen LogP contribution in [0.15, 0.2) is 54.6 Å². The quantitative estimate of drug-likeness (QED) is 0.752. The Morgan fingerprint density at radius 2 is 1.55 bits per heavy atom. The number of hydrogen-bond donors (Lipinski definition) is 1. The molecule has 3 heteroatoms. The van der Waals surface area contributed by atoms with Gasteiger partial charge in [-0.2, -0.15) is 5.10 Å². The molecule has 22 heavy (non-hydrogen) atoms. The Morgan fingerprint density at radius 1 is 0.909 bits per heavy atom. The largest absolute Gasteiger partial charge is 0.504 e. The Kier molecular flexibility index (Phi) is 3.72. The van der Waals surface area contributed by atoms with Crippen molar-refractivity contribution in [3.05, 3.63) is 60.2 Å². The molecule has 0 spiro atoms. The molecule has 3 rings (SSSR count). The molecular formula is C19H20N2O. The van der Waals surface area contributed by atoms with E-state index in [0.717, 1.165) is 16.8 Å². The molecule has 0 amide bonds. The van der Waals surface area contributed by atoms with Crippen molar-refractivity contribution in [2.24, 2.45) is 0 Å².